The lowest BCUT2D eigenvalue weighted by Gasteiger charge is -2.25. The number of imide groups is 1. The molecule has 0 unspecified atom stereocenters. The van der Waals surface area contributed by atoms with Crippen molar-refractivity contribution in [3.8, 4) is 5.00 Å². The van der Waals surface area contributed by atoms with Crippen LogP contribution in [0.4, 0.5) is 0 Å². The molecule has 4 heterocycles. The molecule has 1 fully saturated rings. The fourth-order valence-corrected chi connectivity index (χ4v) is 8.49. The molecule has 3 atom stereocenters. The van der Waals surface area contributed by atoms with Gasteiger partial charge in [-0.3, -0.25) is 38.8 Å². The number of halogens is 1. The Hall–Kier alpha value is -5.21. The van der Waals surface area contributed by atoms with Gasteiger partial charge >= 0.3 is 0 Å². The number of carbonyl (C=O) groups excluding carboxylic acids is 5. The van der Waals surface area contributed by atoms with Crippen molar-refractivity contribution < 1.29 is 24.0 Å². The van der Waals surface area contributed by atoms with Gasteiger partial charge in [0, 0.05) is 46.8 Å². The molecule has 6 rings (SSSR count). The molecule has 2 aromatic carbocycles. The van der Waals surface area contributed by atoms with Crippen molar-refractivity contribution in [2.24, 2.45) is 4.99 Å². The lowest BCUT2D eigenvalue weighted by molar-refractivity contribution is -0.138. The monoisotopic (exact) mass is 812 g/mol. The number of aliphatic imine (C=N–C) groups is 1. The summed E-state index contributed by atoms with van der Waals surface area (Å²) in [6.07, 6.45) is 6.23. The van der Waals surface area contributed by atoms with Gasteiger partial charge in [0.15, 0.2) is 5.82 Å². The van der Waals surface area contributed by atoms with E-state index in [1.165, 1.54) is 4.88 Å². The van der Waals surface area contributed by atoms with Crippen molar-refractivity contribution in [3.05, 3.63) is 98.4 Å². The summed E-state index contributed by atoms with van der Waals surface area (Å²) in [6.45, 7) is 6.66. The number of unbranched alkanes of at least 4 members (excludes halogenated alkanes) is 5. The molecular formula is C42H49ClN8O5S. The number of carbonyl (C=O) groups is 5. The third-order valence-electron chi connectivity index (χ3n) is 10.4. The maximum absolute atomic E-state index is 13.3. The SMILES string of the molecule is Cc1sc2c(c1C)C(c1ccc(Cl)cc1)=N[C@@H](CC(=O)NCCCCCCCCC(=O)N[C@@H](Cc1ccccc1)C(=O)N[C@H]1CCC(=O)NC1=O)c1nnc(C)n1-2. The lowest BCUT2D eigenvalue weighted by atomic mass is 9.99. The van der Waals surface area contributed by atoms with E-state index in [1.54, 1.807) is 11.3 Å². The molecule has 2 aliphatic heterocycles. The maximum Gasteiger partial charge on any atom is 0.249 e. The van der Waals surface area contributed by atoms with Crippen molar-refractivity contribution in [1.29, 1.82) is 0 Å². The van der Waals surface area contributed by atoms with Crippen LogP contribution in [0.3, 0.4) is 0 Å². The molecule has 300 valence electrons. The van der Waals surface area contributed by atoms with Crippen LogP contribution in [0, 0.1) is 20.8 Å². The van der Waals surface area contributed by atoms with Gasteiger partial charge in [0.2, 0.25) is 29.5 Å². The fraction of sp³-hybridized carbons (Fsp3) is 0.429. The Balaban J connectivity index is 0.937. The van der Waals surface area contributed by atoms with E-state index in [4.69, 9.17) is 16.6 Å². The molecule has 15 heteroatoms. The summed E-state index contributed by atoms with van der Waals surface area (Å²) in [5.41, 5.74) is 4.77. The highest BCUT2D eigenvalue weighted by Crippen LogP contribution is 2.39. The molecule has 0 bridgehead atoms. The first-order chi connectivity index (χ1) is 27.5. The molecule has 2 aromatic heterocycles. The van der Waals surface area contributed by atoms with Gasteiger partial charge in [0.05, 0.1) is 12.1 Å². The number of amides is 5. The second-order valence-corrected chi connectivity index (χ2v) is 16.3. The zero-order chi connectivity index (χ0) is 40.5. The molecular weight excluding hydrogens is 764 g/mol. The number of hydrogen-bond acceptors (Lipinski definition) is 9. The first-order valence-corrected chi connectivity index (χ1v) is 20.8. The van der Waals surface area contributed by atoms with Crippen LogP contribution in [0.1, 0.15) is 109 Å². The molecule has 13 nitrogen and oxygen atoms in total. The van der Waals surface area contributed by atoms with E-state index < -0.39 is 29.9 Å². The summed E-state index contributed by atoms with van der Waals surface area (Å²) in [5, 5.41) is 21.4. The van der Waals surface area contributed by atoms with Crippen LogP contribution >= 0.6 is 22.9 Å². The normalized spacial score (nSPS) is 16.7. The number of hydrogen-bond donors (Lipinski definition) is 4. The Morgan fingerprint density at radius 2 is 1.65 bits per heavy atom. The van der Waals surface area contributed by atoms with Crippen molar-refractivity contribution >= 4 is 58.2 Å². The smallest absolute Gasteiger partial charge is 0.249 e. The number of rotatable bonds is 17. The Morgan fingerprint density at radius 1 is 0.930 bits per heavy atom. The summed E-state index contributed by atoms with van der Waals surface area (Å²) in [7, 11) is 0. The van der Waals surface area contributed by atoms with Crippen LogP contribution in [0.25, 0.3) is 5.00 Å². The minimum absolute atomic E-state index is 0.105. The number of aromatic nitrogens is 3. The van der Waals surface area contributed by atoms with Crippen molar-refractivity contribution in [3.63, 3.8) is 0 Å². The quantitative estimate of drug-likeness (QED) is 0.0783. The highest BCUT2D eigenvalue weighted by molar-refractivity contribution is 7.15. The molecule has 0 radical (unpaired) electrons. The van der Waals surface area contributed by atoms with Gasteiger partial charge in [0.25, 0.3) is 0 Å². The van der Waals surface area contributed by atoms with Crippen molar-refractivity contribution in [2.45, 2.75) is 110 Å². The van der Waals surface area contributed by atoms with Crippen molar-refractivity contribution in [1.82, 2.24) is 36.0 Å². The van der Waals surface area contributed by atoms with E-state index in [0.29, 0.717) is 23.8 Å². The Labute approximate surface area is 341 Å². The van der Waals surface area contributed by atoms with Crippen LogP contribution in [0.15, 0.2) is 59.6 Å². The van der Waals surface area contributed by atoms with E-state index in [2.05, 4.69) is 45.3 Å². The molecule has 2 aliphatic rings. The Kier molecular flexibility index (Phi) is 14.0. The largest absolute Gasteiger partial charge is 0.356 e. The first kappa shape index (κ1) is 41.4. The molecule has 4 aromatic rings. The maximum atomic E-state index is 13.3. The first-order valence-electron chi connectivity index (χ1n) is 19.6. The van der Waals surface area contributed by atoms with E-state index in [9.17, 15) is 24.0 Å². The van der Waals surface area contributed by atoms with Crippen LogP contribution in [0.2, 0.25) is 5.02 Å². The average molecular weight is 813 g/mol. The summed E-state index contributed by atoms with van der Waals surface area (Å²) in [5.74, 6) is -0.309. The average Bonchev–Trinajstić information content (AvgIpc) is 3.67. The molecule has 57 heavy (non-hydrogen) atoms. The van der Waals surface area contributed by atoms with Gasteiger partial charge in [-0.05, 0) is 63.3 Å². The second-order valence-electron chi connectivity index (χ2n) is 14.7. The van der Waals surface area contributed by atoms with Crippen molar-refractivity contribution in [2.75, 3.05) is 6.54 Å². The van der Waals surface area contributed by atoms with Crippen LogP contribution in [-0.2, 0) is 30.4 Å². The van der Waals surface area contributed by atoms with Crippen LogP contribution in [-0.4, -0.2) is 68.6 Å². The number of thiophene rings is 1. The van der Waals surface area contributed by atoms with Gasteiger partial charge in [-0.25, -0.2) is 0 Å². The second kappa shape index (κ2) is 19.3. The van der Waals surface area contributed by atoms with Crippen LogP contribution in [0.5, 0.6) is 0 Å². The van der Waals surface area contributed by atoms with Gasteiger partial charge < -0.3 is 16.0 Å². The Bertz CT molecular complexity index is 2130. The summed E-state index contributed by atoms with van der Waals surface area (Å²) in [4.78, 5) is 69.5. The summed E-state index contributed by atoms with van der Waals surface area (Å²) < 4.78 is 2.04. The van der Waals surface area contributed by atoms with Gasteiger partial charge in [-0.2, -0.15) is 0 Å². The molecule has 0 saturated carbocycles. The number of nitrogens with zero attached hydrogens (tertiary/aromatic N) is 4. The minimum Gasteiger partial charge on any atom is -0.356 e. The lowest BCUT2D eigenvalue weighted by Crippen LogP contribution is -2.57. The third kappa shape index (κ3) is 10.6. The zero-order valence-corrected chi connectivity index (χ0v) is 34.1. The van der Waals surface area contributed by atoms with Gasteiger partial charge in [-0.1, -0.05) is 79.7 Å². The molecule has 0 spiro atoms. The topological polar surface area (TPSA) is 177 Å². The minimum atomic E-state index is -0.856. The third-order valence-corrected chi connectivity index (χ3v) is 11.8. The van der Waals surface area contributed by atoms with E-state index >= 15 is 0 Å². The Morgan fingerprint density at radius 3 is 2.39 bits per heavy atom. The highest BCUT2D eigenvalue weighted by atomic mass is 35.5. The molecule has 5 amide bonds. The summed E-state index contributed by atoms with van der Waals surface area (Å²) >= 11 is 7.90. The standard InChI is InChI=1S/C42H49ClN8O5S/c1-25-26(2)57-42-37(25)38(29-16-18-30(43)19-17-29)46-32(39-50-49-27(3)51(39)42)24-36(54)44-22-12-7-5-4-6-11-15-34(52)45-33(23-28-13-9-8-10-14-28)41(56)47-31-20-21-35(53)48-40(31)55/h8-10,13-14,16-19,31-33H,4-7,11-12,15,20-24H2,1-3H3,(H,44,54)(H,45,52)(H,47,56)(H,48,53,55)/t31-,32-,33-/m0/s1. The number of fused-ring (bicyclic) bond motifs is 3. The predicted molar refractivity (Wildman–Crippen MR) is 220 cm³/mol. The molecule has 4 N–H and O–H groups in total. The van der Waals surface area contributed by atoms with E-state index in [-0.39, 0.29) is 49.8 Å². The number of nitrogens with one attached hydrogen (secondary N) is 4. The zero-order valence-electron chi connectivity index (χ0n) is 32.5. The van der Waals surface area contributed by atoms with Crippen LogP contribution < -0.4 is 21.3 Å². The number of benzene rings is 2. The van der Waals surface area contributed by atoms with Gasteiger partial charge in [0.1, 0.15) is 29.0 Å². The number of piperidine rings is 1. The fourth-order valence-electron chi connectivity index (χ4n) is 7.15. The predicted octanol–water partition coefficient (Wildman–Crippen LogP) is 5.69. The van der Waals surface area contributed by atoms with E-state index in [1.807, 2.05) is 66.1 Å². The van der Waals surface area contributed by atoms with Gasteiger partial charge in [-0.15, -0.1) is 21.5 Å². The number of aryl methyl sites for hydroxylation is 2. The molecule has 0 aliphatic carbocycles. The summed E-state index contributed by atoms with van der Waals surface area (Å²) in [6, 6.07) is 14.8. The molecule has 1 saturated heterocycles. The van der Waals surface area contributed by atoms with E-state index in [0.717, 1.165) is 70.9 Å². The highest BCUT2D eigenvalue weighted by Gasteiger charge is 2.33.